The van der Waals surface area contributed by atoms with Crippen LogP contribution in [0.4, 0.5) is 4.39 Å². The maximum Gasteiger partial charge on any atom is 0.167 e. The Morgan fingerprint density at radius 3 is 1.67 bits per heavy atom. The van der Waals surface area contributed by atoms with Crippen LogP contribution in [0.5, 0.6) is 0 Å². The molecule has 0 unspecified atom stereocenters. The lowest BCUT2D eigenvalue weighted by molar-refractivity contribution is 0.630. The van der Waals surface area contributed by atoms with E-state index in [0.29, 0.717) is 0 Å². The number of hydrogen-bond donors (Lipinski definition) is 0. The van der Waals surface area contributed by atoms with E-state index >= 15 is 0 Å². The van der Waals surface area contributed by atoms with Crippen molar-refractivity contribution >= 4 is 21.7 Å². The first-order valence-electron chi connectivity index (χ1n) is 7.85. The summed E-state index contributed by atoms with van der Waals surface area (Å²) in [7, 11) is -0.170. The monoisotopic (exact) mass is 331 g/mol. The highest BCUT2D eigenvalue weighted by atomic mass is 32.2. The van der Waals surface area contributed by atoms with Crippen molar-refractivity contribution in [3.05, 3.63) is 103 Å². The lowest BCUT2D eigenvalue weighted by atomic mass is 10.1. The molecule has 0 bridgehead atoms. The summed E-state index contributed by atoms with van der Waals surface area (Å²) < 4.78 is 13.4. The molecule has 116 valence electrons. The van der Waals surface area contributed by atoms with Crippen molar-refractivity contribution in [1.29, 1.82) is 0 Å². The number of hydrogen-bond acceptors (Lipinski definition) is 0. The molecule has 2 heteroatoms. The standard InChI is InChI=1S/C22H16FS/c23-19-13-11-18-16-22(14-12-17(18)15-19)24(20-7-3-1-4-8-20)21-9-5-2-6-10-21/h1-16H/q+1. The molecular formula is C22H16FS+. The molecule has 0 amide bonds. The van der Waals surface area contributed by atoms with E-state index in [1.807, 2.05) is 24.3 Å². The predicted octanol–water partition coefficient (Wildman–Crippen LogP) is 6.07. The first-order valence-corrected chi connectivity index (χ1v) is 9.07. The van der Waals surface area contributed by atoms with Gasteiger partial charge in [-0.15, -0.1) is 0 Å². The van der Waals surface area contributed by atoms with Gasteiger partial charge in [0.1, 0.15) is 5.82 Å². The van der Waals surface area contributed by atoms with Gasteiger partial charge >= 0.3 is 0 Å². The summed E-state index contributed by atoms with van der Waals surface area (Å²) in [5.74, 6) is -0.194. The summed E-state index contributed by atoms with van der Waals surface area (Å²) in [5.41, 5.74) is 0. The van der Waals surface area contributed by atoms with Gasteiger partial charge in [-0.1, -0.05) is 42.5 Å². The van der Waals surface area contributed by atoms with Gasteiger partial charge in [0.25, 0.3) is 0 Å². The third kappa shape index (κ3) is 2.93. The zero-order valence-corrected chi connectivity index (χ0v) is 13.8. The maximum atomic E-state index is 13.4. The van der Waals surface area contributed by atoms with Crippen LogP contribution in [0.1, 0.15) is 0 Å². The van der Waals surface area contributed by atoms with Crippen LogP contribution in [0, 0.1) is 5.82 Å². The molecule has 24 heavy (non-hydrogen) atoms. The number of fused-ring (bicyclic) bond motifs is 1. The van der Waals surface area contributed by atoms with Crippen molar-refractivity contribution in [2.24, 2.45) is 0 Å². The molecule has 0 nitrogen and oxygen atoms in total. The topological polar surface area (TPSA) is 0 Å². The van der Waals surface area contributed by atoms with Gasteiger partial charge in [0.05, 0.1) is 10.9 Å². The van der Waals surface area contributed by atoms with Crippen LogP contribution >= 0.6 is 0 Å². The Labute approximate surface area is 143 Å². The molecular weight excluding hydrogens is 315 g/mol. The molecule has 0 fully saturated rings. The van der Waals surface area contributed by atoms with E-state index in [1.165, 1.54) is 20.8 Å². The van der Waals surface area contributed by atoms with Gasteiger partial charge in [0.15, 0.2) is 14.7 Å². The molecule has 0 heterocycles. The van der Waals surface area contributed by atoms with Crippen molar-refractivity contribution < 1.29 is 4.39 Å². The molecule has 0 saturated carbocycles. The largest absolute Gasteiger partial charge is 0.207 e. The van der Waals surface area contributed by atoms with Gasteiger partial charge in [-0.2, -0.15) is 0 Å². The van der Waals surface area contributed by atoms with E-state index in [1.54, 1.807) is 6.07 Å². The van der Waals surface area contributed by atoms with Crippen LogP contribution in [0.2, 0.25) is 0 Å². The van der Waals surface area contributed by atoms with E-state index in [2.05, 4.69) is 60.7 Å². The molecule has 0 atom stereocenters. The third-order valence-electron chi connectivity index (χ3n) is 3.97. The van der Waals surface area contributed by atoms with Gasteiger partial charge in [-0.25, -0.2) is 4.39 Å². The van der Waals surface area contributed by atoms with E-state index in [0.717, 1.165) is 10.8 Å². The average molecular weight is 331 g/mol. The Morgan fingerprint density at radius 1 is 0.500 bits per heavy atom. The minimum absolute atomic E-state index is 0.170. The highest BCUT2D eigenvalue weighted by Crippen LogP contribution is 2.32. The van der Waals surface area contributed by atoms with Crippen molar-refractivity contribution in [2.75, 3.05) is 0 Å². The lowest BCUT2D eigenvalue weighted by Gasteiger charge is -2.09. The number of halogens is 1. The van der Waals surface area contributed by atoms with Crippen molar-refractivity contribution in [3.63, 3.8) is 0 Å². The molecule has 0 N–H and O–H groups in total. The van der Waals surface area contributed by atoms with Gasteiger partial charge in [0.2, 0.25) is 0 Å². The molecule has 0 aromatic heterocycles. The molecule has 0 aliphatic rings. The Kier molecular flexibility index (Phi) is 4.06. The lowest BCUT2D eigenvalue weighted by Crippen LogP contribution is -2.04. The van der Waals surface area contributed by atoms with Crippen LogP contribution in [0.25, 0.3) is 10.8 Å². The van der Waals surface area contributed by atoms with Crippen LogP contribution in [-0.2, 0) is 10.9 Å². The quantitative estimate of drug-likeness (QED) is 0.399. The number of benzene rings is 4. The summed E-state index contributed by atoms with van der Waals surface area (Å²) >= 11 is 0. The Bertz CT molecular complexity index is 925. The highest BCUT2D eigenvalue weighted by Gasteiger charge is 2.28. The second-order valence-electron chi connectivity index (χ2n) is 5.59. The van der Waals surface area contributed by atoms with E-state index in [9.17, 15) is 4.39 Å². The van der Waals surface area contributed by atoms with Crippen molar-refractivity contribution in [1.82, 2.24) is 0 Å². The SMILES string of the molecule is Fc1ccc2cc([S+](c3ccccc3)c3ccccc3)ccc2c1. The average Bonchev–Trinajstić information content (AvgIpc) is 2.64. The van der Waals surface area contributed by atoms with Gasteiger partial charge in [0, 0.05) is 6.07 Å². The fraction of sp³-hybridized carbons (Fsp3) is 0. The Hall–Kier alpha value is -2.58. The number of rotatable bonds is 3. The summed E-state index contributed by atoms with van der Waals surface area (Å²) in [4.78, 5) is 3.81. The van der Waals surface area contributed by atoms with Crippen molar-refractivity contribution in [3.8, 4) is 0 Å². The first kappa shape index (κ1) is 15.0. The molecule has 4 rings (SSSR count). The first-order chi connectivity index (χ1) is 11.8. The summed E-state index contributed by atoms with van der Waals surface area (Å²) in [5, 5.41) is 2.00. The van der Waals surface area contributed by atoms with Crippen LogP contribution in [0.3, 0.4) is 0 Å². The van der Waals surface area contributed by atoms with Gasteiger partial charge < -0.3 is 0 Å². The zero-order valence-electron chi connectivity index (χ0n) is 13.0. The second kappa shape index (κ2) is 6.50. The molecule has 0 radical (unpaired) electrons. The zero-order chi connectivity index (χ0) is 16.4. The minimum Gasteiger partial charge on any atom is -0.207 e. The van der Waals surface area contributed by atoms with Gasteiger partial charge in [-0.3, -0.25) is 0 Å². The van der Waals surface area contributed by atoms with Crippen LogP contribution in [0.15, 0.2) is 112 Å². The Morgan fingerprint density at radius 2 is 1.04 bits per heavy atom. The second-order valence-corrected chi connectivity index (χ2v) is 7.61. The summed E-state index contributed by atoms with van der Waals surface area (Å²) in [6.07, 6.45) is 0. The maximum absolute atomic E-state index is 13.4. The summed E-state index contributed by atoms with van der Waals surface area (Å²) in [6, 6.07) is 32.3. The fourth-order valence-corrected chi connectivity index (χ4v) is 4.97. The normalized spacial score (nSPS) is 11.1. The molecule has 0 saturated heterocycles. The summed E-state index contributed by atoms with van der Waals surface area (Å²) in [6.45, 7) is 0. The van der Waals surface area contributed by atoms with Crippen molar-refractivity contribution in [2.45, 2.75) is 14.7 Å². The third-order valence-corrected chi connectivity index (χ3v) is 6.18. The van der Waals surface area contributed by atoms with Gasteiger partial charge in [-0.05, 0) is 59.3 Å². The minimum atomic E-state index is -0.194. The molecule has 0 aliphatic heterocycles. The van der Waals surface area contributed by atoms with Crippen LogP contribution in [-0.4, -0.2) is 0 Å². The van der Waals surface area contributed by atoms with E-state index < -0.39 is 0 Å². The molecule has 4 aromatic rings. The molecule has 0 spiro atoms. The highest BCUT2D eigenvalue weighted by molar-refractivity contribution is 7.97. The van der Waals surface area contributed by atoms with E-state index in [4.69, 9.17) is 0 Å². The molecule has 4 aromatic carbocycles. The van der Waals surface area contributed by atoms with E-state index in [-0.39, 0.29) is 16.7 Å². The fourth-order valence-electron chi connectivity index (χ4n) is 2.84. The van der Waals surface area contributed by atoms with Crippen LogP contribution < -0.4 is 0 Å². The predicted molar refractivity (Wildman–Crippen MR) is 99.0 cm³/mol. The smallest absolute Gasteiger partial charge is 0.167 e. The Balaban J connectivity index is 1.89. The molecule has 0 aliphatic carbocycles.